The van der Waals surface area contributed by atoms with Crippen LogP contribution in [-0.2, 0) is 16.4 Å². The number of nitrogens with one attached hydrogen (secondary N) is 1. The fraction of sp³-hybridized carbons (Fsp3) is 0.632. The number of carbonyl (C=O) groups excluding carboxylic acids is 1. The number of aromatic nitrogens is 3. The molecule has 0 spiro atoms. The molecule has 2 rings (SSSR count). The van der Waals surface area contributed by atoms with Crippen LogP contribution in [0.1, 0.15) is 82.7 Å². The molecule has 6 heteroatoms. The van der Waals surface area contributed by atoms with E-state index in [-0.39, 0.29) is 22.3 Å². The lowest BCUT2D eigenvalue weighted by atomic mass is 9.92. The van der Waals surface area contributed by atoms with Crippen molar-refractivity contribution in [3.05, 3.63) is 27.8 Å². The van der Waals surface area contributed by atoms with Crippen molar-refractivity contribution in [2.24, 2.45) is 0 Å². The van der Waals surface area contributed by atoms with Crippen molar-refractivity contribution in [3.63, 3.8) is 0 Å². The van der Waals surface area contributed by atoms with Crippen LogP contribution in [0.15, 0.2) is 12.3 Å². The fourth-order valence-electron chi connectivity index (χ4n) is 2.25. The third-order valence-electron chi connectivity index (χ3n) is 3.73. The van der Waals surface area contributed by atoms with E-state index in [0.29, 0.717) is 10.7 Å². The van der Waals surface area contributed by atoms with Gasteiger partial charge in [-0.3, -0.25) is 4.79 Å². The highest BCUT2D eigenvalue weighted by Gasteiger charge is 2.27. The largest absolute Gasteiger partial charge is 0.306 e. The van der Waals surface area contributed by atoms with Crippen molar-refractivity contribution in [1.29, 1.82) is 0 Å². The third-order valence-corrected chi connectivity index (χ3v) is 5.15. The van der Waals surface area contributed by atoms with Crippen molar-refractivity contribution < 1.29 is 4.79 Å². The van der Waals surface area contributed by atoms with Gasteiger partial charge in [0.05, 0.1) is 22.4 Å². The van der Waals surface area contributed by atoms with E-state index in [1.807, 2.05) is 10.7 Å². The zero-order valence-corrected chi connectivity index (χ0v) is 17.6. The third kappa shape index (κ3) is 4.48. The van der Waals surface area contributed by atoms with Crippen LogP contribution in [0.25, 0.3) is 0 Å². The first kappa shape index (κ1) is 19.6. The summed E-state index contributed by atoms with van der Waals surface area (Å²) >= 11 is 1.44. The van der Waals surface area contributed by atoms with E-state index >= 15 is 0 Å². The molecule has 2 heterocycles. The second-order valence-corrected chi connectivity index (χ2v) is 10.5. The fourth-order valence-corrected chi connectivity index (χ4v) is 3.12. The maximum absolute atomic E-state index is 12.7. The van der Waals surface area contributed by atoms with Crippen LogP contribution in [0.2, 0.25) is 0 Å². The summed E-state index contributed by atoms with van der Waals surface area (Å²) in [5.74, 6) is 0.576. The highest BCUT2D eigenvalue weighted by atomic mass is 32.1. The lowest BCUT2D eigenvalue weighted by Gasteiger charge is -2.22. The molecule has 0 saturated heterocycles. The zero-order valence-electron chi connectivity index (χ0n) is 16.8. The van der Waals surface area contributed by atoms with E-state index in [9.17, 15) is 4.79 Å². The van der Waals surface area contributed by atoms with E-state index in [0.717, 1.165) is 10.7 Å². The zero-order chi connectivity index (χ0) is 19.2. The van der Waals surface area contributed by atoms with Gasteiger partial charge in [0, 0.05) is 16.9 Å². The van der Waals surface area contributed by atoms with Crippen LogP contribution in [0.4, 0.5) is 5.82 Å². The maximum Gasteiger partial charge on any atom is 0.268 e. The molecular formula is C19H30N4OS. The molecule has 5 nitrogen and oxygen atoms in total. The Labute approximate surface area is 154 Å². The Balaban J connectivity index is 2.34. The number of carbonyl (C=O) groups is 1. The minimum Gasteiger partial charge on any atom is -0.306 e. The number of rotatable bonds is 2. The quantitative estimate of drug-likeness (QED) is 0.823. The predicted molar refractivity (Wildman–Crippen MR) is 105 cm³/mol. The molecule has 0 aliphatic rings. The molecule has 138 valence electrons. The van der Waals surface area contributed by atoms with Gasteiger partial charge in [-0.1, -0.05) is 41.5 Å². The normalized spacial score (nSPS) is 13.2. The van der Waals surface area contributed by atoms with Crippen molar-refractivity contribution in [2.75, 3.05) is 5.32 Å². The summed E-state index contributed by atoms with van der Waals surface area (Å²) in [7, 11) is 0. The summed E-state index contributed by atoms with van der Waals surface area (Å²) < 4.78 is 1.89. The van der Waals surface area contributed by atoms with E-state index in [1.165, 1.54) is 11.3 Å². The van der Waals surface area contributed by atoms with Gasteiger partial charge in [-0.05, 0) is 20.8 Å². The Morgan fingerprint density at radius 2 is 1.64 bits per heavy atom. The molecule has 0 unspecified atom stereocenters. The summed E-state index contributed by atoms with van der Waals surface area (Å²) in [5.41, 5.74) is 0.587. The lowest BCUT2D eigenvalue weighted by molar-refractivity contribution is 0.102. The van der Waals surface area contributed by atoms with Crippen molar-refractivity contribution >= 4 is 23.1 Å². The standard InChI is InChI=1S/C19H30N4OS/c1-17(2,3)13-10-14(23(22-13)19(7,8)9)21-15(24)12-11-20-16(25-12)18(4,5)6/h10-11H,1-9H3,(H,21,24). The first-order valence-corrected chi connectivity index (χ1v) is 9.40. The van der Waals surface area contributed by atoms with Crippen molar-refractivity contribution in [1.82, 2.24) is 14.8 Å². The van der Waals surface area contributed by atoms with Crippen LogP contribution >= 0.6 is 11.3 Å². The highest BCUT2D eigenvalue weighted by Crippen LogP contribution is 2.30. The molecule has 2 aromatic rings. The molecule has 0 radical (unpaired) electrons. The topological polar surface area (TPSA) is 59.8 Å². The summed E-state index contributed by atoms with van der Waals surface area (Å²) in [4.78, 5) is 17.7. The molecule has 25 heavy (non-hydrogen) atoms. The molecule has 2 aromatic heterocycles. The van der Waals surface area contributed by atoms with Crippen LogP contribution < -0.4 is 5.32 Å². The average Bonchev–Trinajstić information content (AvgIpc) is 3.02. The number of anilines is 1. The molecule has 0 saturated carbocycles. The second kappa shape index (κ2) is 6.24. The first-order valence-electron chi connectivity index (χ1n) is 8.58. The molecule has 1 N–H and O–H groups in total. The summed E-state index contributed by atoms with van der Waals surface area (Å²) in [6.45, 7) is 18.9. The Morgan fingerprint density at radius 3 is 2.08 bits per heavy atom. The molecule has 0 aliphatic carbocycles. The minimum atomic E-state index is -0.226. The molecule has 0 aromatic carbocycles. The number of hydrogen-bond acceptors (Lipinski definition) is 4. The Kier molecular flexibility index (Phi) is 4.90. The number of nitrogens with zero attached hydrogens (tertiary/aromatic N) is 3. The van der Waals surface area contributed by atoms with E-state index < -0.39 is 0 Å². The van der Waals surface area contributed by atoms with Crippen molar-refractivity contribution in [2.45, 2.75) is 78.7 Å². The molecule has 0 aliphatic heterocycles. The number of amides is 1. The molecule has 0 fully saturated rings. The highest BCUT2D eigenvalue weighted by molar-refractivity contribution is 7.13. The maximum atomic E-state index is 12.7. The minimum absolute atomic E-state index is 0.0597. The van der Waals surface area contributed by atoms with E-state index in [2.05, 4.69) is 72.6 Å². The summed E-state index contributed by atoms with van der Waals surface area (Å²) in [6, 6.07) is 1.97. The van der Waals surface area contributed by atoms with Crippen LogP contribution in [0.5, 0.6) is 0 Å². The Hall–Kier alpha value is -1.69. The van der Waals surface area contributed by atoms with Gasteiger partial charge >= 0.3 is 0 Å². The monoisotopic (exact) mass is 362 g/mol. The summed E-state index contributed by atoms with van der Waals surface area (Å²) in [6.07, 6.45) is 1.66. The van der Waals surface area contributed by atoms with Gasteiger partial charge < -0.3 is 5.32 Å². The first-order chi connectivity index (χ1) is 11.2. The van der Waals surface area contributed by atoms with Crippen LogP contribution in [0, 0.1) is 0 Å². The van der Waals surface area contributed by atoms with E-state index in [1.54, 1.807) is 6.20 Å². The average molecular weight is 363 g/mol. The second-order valence-electron chi connectivity index (χ2n) is 9.48. The van der Waals surface area contributed by atoms with Gasteiger partial charge in [0.25, 0.3) is 5.91 Å². The lowest BCUT2D eigenvalue weighted by Crippen LogP contribution is -2.27. The van der Waals surface area contributed by atoms with Gasteiger partial charge in [-0.2, -0.15) is 5.10 Å². The molecular weight excluding hydrogens is 332 g/mol. The molecule has 1 amide bonds. The summed E-state index contributed by atoms with van der Waals surface area (Å²) in [5, 5.41) is 8.71. The Bertz CT molecular complexity index is 767. The Morgan fingerprint density at radius 1 is 1.04 bits per heavy atom. The van der Waals surface area contributed by atoms with Crippen molar-refractivity contribution in [3.8, 4) is 0 Å². The smallest absolute Gasteiger partial charge is 0.268 e. The number of thiazole rings is 1. The molecule has 0 bridgehead atoms. The van der Waals surface area contributed by atoms with Crippen LogP contribution in [-0.4, -0.2) is 20.7 Å². The van der Waals surface area contributed by atoms with Gasteiger partial charge in [-0.15, -0.1) is 11.3 Å². The van der Waals surface area contributed by atoms with Gasteiger partial charge in [-0.25, -0.2) is 9.67 Å². The van der Waals surface area contributed by atoms with E-state index in [4.69, 9.17) is 5.10 Å². The van der Waals surface area contributed by atoms with Gasteiger partial charge in [0.15, 0.2) is 0 Å². The number of hydrogen-bond donors (Lipinski definition) is 1. The van der Waals surface area contributed by atoms with Gasteiger partial charge in [0.1, 0.15) is 10.7 Å². The SMILES string of the molecule is CC(C)(C)c1cc(NC(=O)c2cnc(C(C)(C)C)s2)n(C(C)(C)C)n1. The molecule has 0 atom stereocenters. The van der Waals surface area contributed by atoms with Gasteiger partial charge in [0.2, 0.25) is 0 Å². The van der Waals surface area contributed by atoms with Crippen LogP contribution in [0.3, 0.4) is 0 Å². The predicted octanol–water partition coefficient (Wildman–Crippen LogP) is 4.94.